The Morgan fingerprint density at radius 1 is 1.10 bits per heavy atom. The molecule has 1 aromatic rings. The Bertz CT molecular complexity index is 407. The van der Waals surface area contributed by atoms with Crippen LogP contribution in [0, 0.1) is 5.92 Å². The van der Waals surface area contributed by atoms with E-state index in [9.17, 15) is 0 Å². The van der Waals surface area contributed by atoms with E-state index in [1.807, 2.05) is 6.07 Å². The highest BCUT2D eigenvalue weighted by atomic mass is 79.9. The van der Waals surface area contributed by atoms with Crippen LogP contribution >= 0.6 is 15.9 Å². The van der Waals surface area contributed by atoms with E-state index >= 15 is 0 Å². The van der Waals surface area contributed by atoms with Crippen molar-refractivity contribution in [2.45, 2.75) is 26.3 Å². The van der Waals surface area contributed by atoms with Crippen LogP contribution in [0.25, 0.3) is 0 Å². The number of rotatable bonds is 9. The summed E-state index contributed by atoms with van der Waals surface area (Å²) < 4.78 is 1.11. The summed E-state index contributed by atoms with van der Waals surface area (Å²) in [4.78, 5) is 4.77. The maximum atomic E-state index is 6.36. The molecule has 0 aliphatic carbocycles. The van der Waals surface area contributed by atoms with Crippen LogP contribution < -0.4 is 5.73 Å². The van der Waals surface area contributed by atoms with E-state index in [0.29, 0.717) is 5.92 Å². The van der Waals surface area contributed by atoms with Gasteiger partial charge in [-0.2, -0.15) is 0 Å². The molecular formula is C17H30BrN3. The van der Waals surface area contributed by atoms with Crippen LogP contribution in [0.15, 0.2) is 28.7 Å². The number of nitrogens with zero attached hydrogens (tertiary/aromatic N) is 2. The lowest BCUT2D eigenvalue weighted by Gasteiger charge is -2.27. The lowest BCUT2D eigenvalue weighted by Crippen LogP contribution is -2.36. The Balaban J connectivity index is 2.53. The number of nitrogens with two attached hydrogens (primary N) is 1. The van der Waals surface area contributed by atoms with Crippen LogP contribution in [0.2, 0.25) is 0 Å². The van der Waals surface area contributed by atoms with Crippen LogP contribution in [0.5, 0.6) is 0 Å². The standard InChI is InChI=1S/C17H30BrN3/c1-14(2)13-21(12-11-20(3)4)10-9-17(19)15-7-5-6-8-16(15)18/h5-8,14,17H,9-13,19H2,1-4H3. The summed E-state index contributed by atoms with van der Waals surface area (Å²) in [7, 11) is 4.25. The van der Waals surface area contributed by atoms with Crippen LogP contribution in [-0.2, 0) is 0 Å². The van der Waals surface area contributed by atoms with Crippen LogP contribution in [0.4, 0.5) is 0 Å². The molecule has 4 heteroatoms. The average molecular weight is 356 g/mol. The van der Waals surface area contributed by atoms with E-state index in [4.69, 9.17) is 5.73 Å². The topological polar surface area (TPSA) is 32.5 Å². The van der Waals surface area contributed by atoms with Crippen LogP contribution in [-0.4, -0.2) is 50.1 Å². The SMILES string of the molecule is CC(C)CN(CCC(N)c1ccccc1Br)CCN(C)C. The van der Waals surface area contributed by atoms with Gasteiger partial charge in [-0.05, 0) is 44.6 Å². The normalized spacial score (nSPS) is 13.4. The molecule has 1 unspecified atom stereocenters. The van der Waals surface area contributed by atoms with E-state index in [0.717, 1.165) is 37.1 Å². The fourth-order valence-corrected chi connectivity index (χ4v) is 2.98. The van der Waals surface area contributed by atoms with Gasteiger partial charge in [0.05, 0.1) is 0 Å². The first-order chi connectivity index (χ1) is 9.90. The van der Waals surface area contributed by atoms with Gasteiger partial charge in [0.1, 0.15) is 0 Å². The molecule has 0 heterocycles. The van der Waals surface area contributed by atoms with Gasteiger partial charge < -0.3 is 15.5 Å². The highest BCUT2D eigenvalue weighted by Gasteiger charge is 2.13. The lowest BCUT2D eigenvalue weighted by atomic mass is 10.0. The Kier molecular flexibility index (Phi) is 8.49. The van der Waals surface area contributed by atoms with E-state index in [1.165, 1.54) is 5.56 Å². The van der Waals surface area contributed by atoms with E-state index in [-0.39, 0.29) is 6.04 Å². The zero-order valence-electron chi connectivity index (χ0n) is 13.8. The quantitative estimate of drug-likeness (QED) is 0.736. The molecule has 120 valence electrons. The van der Waals surface area contributed by atoms with Gasteiger partial charge in [0.15, 0.2) is 0 Å². The lowest BCUT2D eigenvalue weighted by molar-refractivity contribution is 0.212. The Hall–Kier alpha value is -0.420. The first kappa shape index (κ1) is 18.6. The summed E-state index contributed by atoms with van der Waals surface area (Å²) in [6, 6.07) is 8.35. The summed E-state index contributed by atoms with van der Waals surface area (Å²) in [5.74, 6) is 0.687. The molecule has 21 heavy (non-hydrogen) atoms. The first-order valence-corrected chi connectivity index (χ1v) is 8.56. The Morgan fingerprint density at radius 3 is 2.33 bits per heavy atom. The summed E-state index contributed by atoms with van der Waals surface area (Å²) in [6.45, 7) is 8.93. The zero-order valence-corrected chi connectivity index (χ0v) is 15.4. The van der Waals surface area contributed by atoms with E-state index in [2.05, 4.69) is 71.9 Å². The molecule has 0 radical (unpaired) electrons. The number of likely N-dealkylation sites (N-methyl/N-ethyl adjacent to an activating group) is 1. The number of hydrogen-bond acceptors (Lipinski definition) is 3. The van der Waals surface area contributed by atoms with Crippen molar-refractivity contribution in [1.82, 2.24) is 9.80 Å². The van der Waals surface area contributed by atoms with Crippen LogP contribution in [0.1, 0.15) is 31.9 Å². The molecular weight excluding hydrogens is 326 g/mol. The van der Waals surface area contributed by atoms with Gasteiger partial charge in [0, 0.05) is 30.1 Å². The third-order valence-electron chi connectivity index (χ3n) is 3.55. The van der Waals surface area contributed by atoms with Crippen molar-refractivity contribution in [3.8, 4) is 0 Å². The second-order valence-electron chi connectivity index (χ2n) is 6.41. The molecule has 0 saturated heterocycles. The molecule has 1 rings (SSSR count). The molecule has 0 spiro atoms. The number of benzene rings is 1. The van der Waals surface area contributed by atoms with Gasteiger partial charge in [0.2, 0.25) is 0 Å². The summed E-state index contributed by atoms with van der Waals surface area (Å²) >= 11 is 3.59. The van der Waals surface area contributed by atoms with Crippen molar-refractivity contribution < 1.29 is 0 Å². The van der Waals surface area contributed by atoms with Crippen LogP contribution in [0.3, 0.4) is 0 Å². The summed E-state index contributed by atoms with van der Waals surface area (Å²) in [5, 5.41) is 0. The third kappa shape index (κ3) is 7.41. The average Bonchev–Trinajstić information content (AvgIpc) is 2.41. The fourth-order valence-electron chi connectivity index (χ4n) is 2.41. The predicted molar refractivity (Wildman–Crippen MR) is 95.5 cm³/mol. The molecule has 0 fully saturated rings. The molecule has 0 amide bonds. The molecule has 0 saturated carbocycles. The number of hydrogen-bond donors (Lipinski definition) is 1. The van der Waals surface area contributed by atoms with Gasteiger partial charge in [-0.25, -0.2) is 0 Å². The van der Waals surface area contributed by atoms with E-state index in [1.54, 1.807) is 0 Å². The largest absolute Gasteiger partial charge is 0.324 e. The van der Waals surface area contributed by atoms with Crippen molar-refractivity contribution in [3.63, 3.8) is 0 Å². The highest BCUT2D eigenvalue weighted by Crippen LogP contribution is 2.23. The maximum absolute atomic E-state index is 6.36. The minimum absolute atomic E-state index is 0.0922. The molecule has 0 aliphatic heterocycles. The van der Waals surface area contributed by atoms with Gasteiger partial charge in [-0.15, -0.1) is 0 Å². The molecule has 2 N–H and O–H groups in total. The Labute approximate surface area is 138 Å². The first-order valence-electron chi connectivity index (χ1n) is 7.77. The molecule has 0 aromatic heterocycles. The molecule has 0 bridgehead atoms. The highest BCUT2D eigenvalue weighted by molar-refractivity contribution is 9.10. The maximum Gasteiger partial charge on any atom is 0.0318 e. The fraction of sp³-hybridized carbons (Fsp3) is 0.647. The smallest absolute Gasteiger partial charge is 0.0318 e. The second-order valence-corrected chi connectivity index (χ2v) is 7.27. The van der Waals surface area contributed by atoms with Gasteiger partial charge in [0.25, 0.3) is 0 Å². The van der Waals surface area contributed by atoms with E-state index < -0.39 is 0 Å². The molecule has 1 aromatic carbocycles. The Morgan fingerprint density at radius 2 is 1.76 bits per heavy atom. The van der Waals surface area contributed by atoms with Gasteiger partial charge in [-0.3, -0.25) is 0 Å². The summed E-state index contributed by atoms with van der Waals surface area (Å²) in [5.41, 5.74) is 7.57. The van der Waals surface area contributed by atoms with Crippen molar-refractivity contribution in [2.24, 2.45) is 11.7 Å². The molecule has 1 atom stereocenters. The van der Waals surface area contributed by atoms with Crippen molar-refractivity contribution in [1.29, 1.82) is 0 Å². The van der Waals surface area contributed by atoms with Gasteiger partial charge >= 0.3 is 0 Å². The van der Waals surface area contributed by atoms with Crippen molar-refractivity contribution in [3.05, 3.63) is 34.3 Å². The van der Waals surface area contributed by atoms with Crippen molar-refractivity contribution >= 4 is 15.9 Å². The zero-order chi connectivity index (χ0) is 15.8. The minimum Gasteiger partial charge on any atom is -0.324 e. The monoisotopic (exact) mass is 355 g/mol. The van der Waals surface area contributed by atoms with Gasteiger partial charge in [-0.1, -0.05) is 48.0 Å². The molecule has 3 nitrogen and oxygen atoms in total. The third-order valence-corrected chi connectivity index (χ3v) is 4.27. The predicted octanol–water partition coefficient (Wildman–Crippen LogP) is 3.36. The number of halogens is 1. The minimum atomic E-state index is 0.0922. The van der Waals surface area contributed by atoms with Crippen molar-refractivity contribution in [2.75, 3.05) is 40.3 Å². The molecule has 0 aliphatic rings. The summed E-state index contributed by atoms with van der Waals surface area (Å²) in [6.07, 6.45) is 0.989. The second kappa shape index (κ2) is 9.57.